The highest BCUT2D eigenvalue weighted by Gasteiger charge is 2.35. The van der Waals surface area contributed by atoms with Crippen molar-refractivity contribution in [2.75, 3.05) is 18.1 Å². The number of carbonyl (C=O) groups is 2. The molecule has 0 unspecified atom stereocenters. The lowest BCUT2D eigenvalue weighted by molar-refractivity contribution is -0.129. The van der Waals surface area contributed by atoms with Crippen LogP contribution in [0.25, 0.3) is 6.08 Å². The van der Waals surface area contributed by atoms with E-state index < -0.39 is 33.5 Å². The van der Waals surface area contributed by atoms with Crippen LogP contribution in [-0.4, -0.2) is 53.5 Å². The van der Waals surface area contributed by atoms with Crippen molar-refractivity contribution in [1.29, 1.82) is 0 Å². The zero-order valence-electron chi connectivity index (χ0n) is 13.5. The maximum absolute atomic E-state index is 13.3. The molecule has 2 saturated heterocycles. The highest BCUT2D eigenvalue weighted by atomic mass is 32.2. The Labute approximate surface area is 159 Å². The van der Waals surface area contributed by atoms with Crippen molar-refractivity contribution in [3.8, 4) is 0 Å². The van der Waals surface area contributed by atoms with E-state index in [1.807, 2.05) is 0 Å². The minimum Gasteiger partial charge on any atom is -0.351 e. The van der Waals surface area contributed by atoms with Crippen molar-refractivity contribution < 1.29 is 22.4 Å². The number of amides is 2. The van der Waals surface area contributed by atoms with Crippen LogP contribution in [0.4, 0.5) is 4.39 Å². The quantitative estimate of drug-likeness (QED) is 0.591. The Kier molecular flexibility index (Phi) is 5.44. The summed E-state index contributed by atoms with van der Waals surface area (Å²) in [5, 5.41) is 2.62. The first-order chi connectivity index (χ1) is 12.2. The third-order valence-electron chi connectivity index (χ3n) is 3.92. The lowest BCUT2D eigenvalue weighted by Crippen LogP contribution is -2.43. The summed E-state index contributed by atoms with van der Waals surface area (Å²) in [7, 11) is -3.10. The molecule has 1 atom stereocenters. The molecule has 10 heteroatoms. The molecule has 2 aliphatic rings. The van der Waals surface area contributed by atoms with Crippen LogP contribution in [-0.2, 0) is 19.4 Å². The number of hydrogen-bond acceptors (Lipinski definition) is 6. The second kappa shape index (κ2) is 7.45. The van der Waals surface area contributed by atoms with Gasteiger partial charge in [0.2, 0.25) is 5.91 Å². The molecular formula is C16H15FN2O4S3. The van der Waals surface area contributed by atoms with E-state index in [9.17, 15) is 22.4 Å². The smallest absolute Gasteiger partial charge is 0.266 e. The van der Waals surface area contributed by atoms with Crippen molar-refractivity contribution >= 4 is 56.0 Å². The summed E-state index contributed by atoms with van der Waals surface area (Å²) in [4.78, 5) is 26.0. The summed E-state index contributed by atoms with van der Waals surface area (Å²) in [5.74, 6) is -1.35. The molecule has 6 nitrogen and oxygen atoms in total. The summed E-state index contributed by atoms with van der Waals surface area (Å²) in [6.07, 6.45) is 1.88. The minimum absolute atomic E-state index is 0.0510. The zero-order valence-corrected chi connectivity index (χ0v) is 15.9. The molecule has 0 aromatic heterocycles. The fourth-order valence-corrected chi connectivity index (χ4v) is 5.64. The van der Waals surface area contributed by atoms with E-state index in [4.69, 9.17) is 12.2 Å². The zero-order chi connectivity index (χ0) is 18.9. The van der Waals surface area contributed by atoms with Crippen LogP contribution < -0.4 is 5.32 Å². The fourth-order valence-electron chi connectivity index (χ4n) is 2.71. The molecule has 3 rings (SSSR count). The molecule has 1 aromatic carbocycles. The summed E-state index contributed by atoms with van der Waals surface area (Å²) >= 11 is 6.19. The predicted octanol–water partition coefficient (Wildman–Crippen LogP) is 1.33. The molecule has 0 saturated carbocycles. The molecule has 0 bridgehead atoms. The Morgan fingerprint density at radius 1 is 1.46 bits per heavy atom. The van der Waals surface area contributed by atoms with Gasteiger partial charge < -0.3 is 5.32 Å². The first-order valence-electron chi connectivity index (χ1n) is 7.74. The number of halogens is 1. The van der Waals surface area contributed by atoms with Gasteiger partial charge in [-0.2, -0.15) is 0 Å². The number of thioether (sulfide) groups is 1. The maximum Gasteiger partial charge on any atom is 0.266 e. The van der Waals surface area contributed by atoms with E-state index in [1.54, 1.807) is 6.07 Å². The van der Waals surface area contributed by atoms with Gasteiger partial charge in [0.1, 0.15) is 16.7 Å². The average Bonchev–Trinajstić information content (AvgIpc) is 3.01. The third-order valence-corrected chi connectivity index (χ3v) is 7.07. The van der Waals surface area contributed by atoms with Crippen LogP contribution in [0, 0.1) is 5.82 Å². The number of thiocarbonyl (C=S) groups is 1. The second-order valence-electron chi connectivity index (χ2n) is 5.99. The highest BCUT2D eigenvalue weighted by Crippen LogP contribution is 2.32. The Hall–Kier alpha value is -1.78. The first kappa shape index (κ1) is 19.0. The number of rotatable bonds is 4. The average molecular weight is 415 g/mol. The van der Waals surface area contributed by atoms with Gasteiger partial charge in [-0.25, -0.2) is 12.8 Å². The van der Waals surface area contributed by atoms with Gasteiger partial charge in [-0.1, -0.05) is 36.1 Å². The first-order valence-corrected chi connectivity index (χ1v) is 10.8. The van der Waals surface area contributed by atoms with Crippen molar-refractivity contribution in [3.63, 3.8) is 0 Å². The normalized spacial score (nSPS) is 23.7. The Bertz CT molecular complexity index is 914. The summed E-state index contributed by atoms with van der Waals surface area (Å²) < 4.78 is 36.4. The van der Waals surface area contributed by atoms with E-state index in [1.165, 1.54) is 24.3 Å². The molecular weight excluding hydrogens is 399 g/mol. The number of nitrogens with zero attached hydrogens (tertiary/aromatic N) is 1. The van der Waals surface area contributed by atoms with Crippen LogP contribution in [0.3, 0.4) is 0 Å². The fraction of sp³-hybridized carbons (Fsp3) is 0.312. The lowest BCUT2D eigenvalue weighted by Gasteiger charge is -2.16. The topological polar surface area (TPSA) is 83.6 Å². The van der Waals surface area contributed by atoms with Gasteiger partial charge in [0.15, 0.2) is 9.84 Å². The molecule has 1 aromatic rings. The van der Waals surface area contributed by atoms with Gasteiger partial charge in [-0.05, 0) is 30.2 Å². The molecule has 2 fully saturated rings. The van der Waals surface area contributed by atoms with Crippen molar-refractivity contribution in [2.45, 2.75) is 12.5 Å². The number of nitrogens with one attached hydrogen (secondary N) is 1. The molecule has 0 aliphatic carbocycles. The molecule has 2 aliphatic heterocycles. The van der Waals surface area contributed by atoms with Crippen molar-refractivity contribution in [1.82, 2.24) is 10.2 Å². The Balaban J connectivity index is 1.65. The molecule has 0 radical (unpaired) electrons. The van der Waals surface area contributed by atoms with Gasteiger partial charge in [0, 0.05) is 6.04 Å². The highest BCUT2D eigenvalue weighted by molar-refractivity contribution is 8.26. The lowest BCUT2D eigenvalue weighted by atomic mass is 10.2. The molecule has 1 N–H and O–H groups in total. The van der Waals surface area contributed by atoms with E-state index >= 15 is 0 Å². The molecule has 2 heterocycles. The van der Waals surface area contributed by atoms with Gasteiger partial charge in [0.05, 0.1) is 16.4 Å². The van der Waals surface area contributed by atoms with Crippen molar-refractivity contribution in [3.05, 3.63) is 40.6 Å². The number of hydrogen-bond donors (Lipinski definition) is 1. The summed E-state index contributed by atoms with van der Waals surface area (Å²) in [6.45, 7) is -0.276. The number of benzene rings is 1. The molecule has 2 amide bonds. The van der Waals surface area contributed by atoms with Gasteiger partial charge in [0.25, 0.3) is 5.91 Å². The van der Waals surface area contributed by atoms with Crippen LogP contribution >= 0.6 is 24.0 Å². The van der Waals surface area contributed by atoms with E-state index in [0.717, 1.165) is 16.7 Å². The minimum atomic E-state index is -3.10. The SMILES string of the molecule is O=C(CN1C(=O)/C(=C/c2cccc(F)c2)SC1=S)N[C@@H]1CCS(=O)(=O)C1. The van der Waals surface area contributed by atoms with Crippen LogP contribution in [0.15, 0.2) is 29.2 Å². The van der Waals surface area contributed by atoms with E-state index in [2.05, 4.69) is 5.32 Å². The number of carbonyl (C=O) groups excluding carboxylic acids is 2. The predicted molar refractivity (Wildman–Crippen MR) is 101 cm³/mol. The second-order valence-corrected chi connectivity index (χ2v) is 9.89. The van der Waals surface area contributed by atoms with E-state index in [0.29, 0.717) is 16.9 Å². The molecule has 26 heavy (non-hydrogen) atoms. The van der Waals surface area contributed by atoms with E-state index in [-0.39, 0.29) is 22.4 Å². The maximum atomic E-state index is 13.3. The van der Waals surface area contributed by atoms with Crippen LogP contribution in [0.2, 0.25) is 0 Å². The standard InChI is InChI=1S/C16H15FN2O4S3/c17-11-3-1-2-10(6-11)7-13-15(21)19(16(24)25-13)8-14(20)18-12-4-5-26(22,23)9-12/h1-3,6-7,12H,4-5,8-9H2,(H,18,20)/b13-7-/t12-/m1/s1. The number of sulfone groups is 1. The van der Waals surface area contributed by atoms with Crippen LogP contribution in [0.1, 0.15) is 12.0 Å². The summed E-state index contributed by atoms with van der Waals surface area (Å²) in [6, 6.07) is 5.35. The molecule has 0 spiro atoms. The van der Waals surface area contributed by atoms with Gasteiger partial charge in [-0.3, -0.25) is 14.5 Å². The molecule has 138 valence electrons. The van der Waals surface area contributed by atoms with Crippen LogP contribution in [0.5, 0.6) is 0 Å². The summed E-state index contributed by atoms with van der Waals surface area (Å²) in [5.41, 5.74) is 0.520. The van der Waals surface area contributed by atoms with Crippen molar-refractivity contribution in [2.24, 2.45) is 0 Å². The Morgan fingerprint density at radius 2 is 2.23 bits per heavy atom. The Morgan fingerprint density at radius 3 is 2.88 bits per heavy atom. The van der Waals surface area contributed by atoms with Gasteiger partial charge in [-0.15, -0.1) is 0 Å². The largest absolute Gasteiger partial charge is 0.351 e. The van der Waals surface area contributed by atoms with Gasteiger partial charge >= 0.3 is 0 Å². The monoisotopic (exact) mass is 414 g/mol. The third kappa shape index (κ3) is 4.49.